The number of carbonyl (C=O) groups is 2. The van der Waals surface area contributed by atoms with Gasteiger partial charge in [0, 0.05) is 6.42 Å². The van der Waals surface area contributed by atoms with Crippen LogP contribution in [-0.4, -0.2) is 19.4 Å². The normalized spacial score (nSPS) is 13.6. The molecule has 1 aromatic rings. The first-order valence-corrected chi connectivity index (χ1v) is 7.15. The van der Waals surface area contributed by atoms with E-state index in [-0.39, 0.29) is 11.4 Å². The van der Waals surface area contributed by atoms with E-state index < -0.39 is 0 Å². The molecule has 1 rings (SSSR count). The highest BCUT2D eigenvalue weighted by Crippen LogP contribution is 2.31. The zero-order valence-corrected chi connectivity index (χ0v) is 12.6. The second kappa shape index (κ2) is 7.83. The Morgan fingerprint density at radius 1 is 1.30 bits per heavy atom. The van der Waals surface area contributed by atoms with Crippen LogP contribution < -0.4 is 0 Å². The molecule has 3 heteroatoms. The molecular weight excluding hydrogens is 252 g/mol. The van der Waals surface area contributed by atoms with Gasteiger partial charge in [-0.2, -0.15) is 0 Å². The zero-order valence-electron chi connectivity index (χ0n) is 12.6. The molecule has 0 aliphatic heterocycles. The van der Waals surface area contributed by atoms with E-state index in [4.69, 9.17) is 0 Å². The highest BCUT2D eigenvalue weighted by atomic mass is 16.5. The van der Waals surface area contributed by atoms with Gasteiger partial charge in [0.2, 0.25) is 0 Å². The second-order valence-electron chi connectivity index (χ2n) is 5.65. The first-order valence-electron chi connectivity index (χ1n) is 7.15. The van der Waals surface area contributed by atoms with Crippen LogP contribution in [0.4, 0.5) is 0 Å². The fourth-order valence-corrected chi connectivity index (χ4v) is 2.44. The minimum Gasteiger partial charge on any atom is -0.465 e. The molecule has 0 saturated carbocycles. The molecule has 3 nitrogen and oxygen atoms in total. The molecule has 1 atom stereocenters. The number of ether oxygens (including phenoxy) is 1. The SMILES string of the molecule is CCCCC(C)(CC=O)Cc1ccc(C(=O)OC)cc1. The Bertz CT molecular complexity index is 436. The third-order valence-corrected chi connectivity index (χ3v) is 3.72. The van der Waals surface area contributed by atoms with E-state index in [1.807, 2.05) is 12.1 Å². The van der Waals surface area contributed by atoms with Crippen LogP contribution in [0.5, 0.6) is 0 Å². The molecule has 20 heavy (non-hydrogen) atoms. The van der Waals surface area contributed by atoms with Crippen LogP contribution >= 0.6 is 0 Å². The van der Waals surface area contributed by atoms with Gasteiger partial charge in [-0.25, -0.2) is 4.79 Å². The summed E-state index contributed by atoms with van der Waals surface area (Å²) in [5.41, 5.74) is 1.71. The van der Waals surface area contributed by atoms with Crippen LogP contribution in [0, 0.1) is 5.41 Å². The Labute approximate surface area is 121 Å². The topological polar surface area (TPSA) is 43.4 Å². The maximum absolute atomic E-state index is 11.4. The lowest BCUT2D eigenvalue weighted by molar-refractivity contribution is -0.109. The molecule has 0 aromatic heterocycles. The molecule has 0 spiro atoms. The first-order chi connectivity index (χ1) is 9.54. The monoisotopic (exact) mass is 276 g/mol. The lowest BCUT2D eigenvalue weighted by Gasteiger charge is -2.27. The van der Waals surface area contributed by atoms with Crippen LogP contribution in [0.1, 0.15) is 55.5 Å². The summed E-state index contributed by atoms with van der Waals surface area (Å²) in [6.45, 7) is 4.32. The summed E-state index contributed by atoms with van der Waals surface area (Å²) in [6, 6.07) is 7.45. The summed E-state index contributed by atoms with van der Waals surface area (Å²) in [6.07, 6.45) is 5.75. The van der Waals surface area contributed by atoms with E-state index >= 15 is 0 Å². The van der Waals surface area contributed by atoms with Gasteiger partial charge in [-0.05, 0) is 36.0 Å². The highest BCUT2D eigenvalue weighted by Gasteiger charge is 2.23. The lowest BCUT2D eigenvalue weighted by Crippen LogP contribution is -2.20. The van der Waals surface area contributed by atoms with E-state index in [9.17, 15) is 9.59 Å². The molecule has 0 saturated heterocycles. The molecule has 1 aromatic carbocycles. The summed E-state index contributed by atoms with van der Waals surface area (Å²) in [7, 11) is 1.38. The van der Waals surface area contributed by atoms with Crippen LogP contribution in [-0.2, 0) is 16.0 Å². The van der Waals surface area contributed by atoms with Crippen LogP contribution in [0.2, 0.25) is 0 Å². The van der Waals surface area contributed by atoms with E-state index in [1.165, 1.54) is 7.11 Å². The molecule has 0 aliphatic rings. The van der Waals surface area contributed by atoms with Gasteiger partial charge < -0.3 is 9.53 Å². The molecule has 1 unspecified atom stereocenters. The van der Waals surface area contributed by atoms with Crippen molar-refractivity contribution >= 4 is 12.3 Å². The molecular formula is C17H24O3. The van der Waals surface area contributed by atoms with Gasteiger partial charge in [0.1, 0.15) is 6.29 Å². The zero-order chi connectivity index (χ0) is 15.0. The van der Waals surface area contributed by atoms with Crippen molar-refractivity contribution < 1.29 is 14.3 Å². The van der Waals surface area contributed by atoms with Gasteiger partial charge in [-0.3, -0.25) is 0 Å². The Morgan fingerprint density at radius 3 is 2.45 bits per heavy atom. The smallest absolute Gasteiger partial charge is 0.337 e. The fourth-order valence-electron chi connectivity index (χ4n) is 2.44. The quantitative estimate of drug-likeness (QED) is 0.536. The molecule has 0 amide bonds. The van der Waals surface area contributed by atoms with Crippen LogP contribution in [0.25, 0.3) is 0 Å². The minimum absolute atomic E-state index is 0.00451. The van der Waals surface area contributed by atoms with Crippen LogP contribution in [0.3, 0.4) is 0 Å². The lowest BCUT2D eigenvalue weighted by atomic mass is 9.77. The number of aldehydes is 1. The standard InChI is InChI=1S/C17H24O3/c1-4-5-10-17(2,11-12-18)13-14-6-8-15(9-7-14)16(19)20-3/h6-9,12H,4-5,10-11,13H2,1-3H3. The maximum Gasteiger partial charge on any atom is 0.337 e. The average molecular weight is 276 g/mol. The predicted octanol–water partition coefficient (Wildman–Crippen LogP) is 3.80. The number of carbonyl (C=O) groups excluding carboxylic acids is 2. The molecule has 0 aliphatic carbocycles. The van der Waals surface area contributed by atoms with Gasteiger partial charge in [-0.15, -0.1) is 0 Å². The van der Waals surface area contributed by atoms with Gasteiger partial charge >= 0.3 is 5.97 Å². The van der Waals surface area contributed by atoms with Gasteiger partial charge in [-0.1, -0.05) is 38.8 Å². The summed E-state index contributed by atoms with van der Waals surface area (Å²) < 4.78 is 4.68. The van der Waals surface area contributed by atoms with Crippen molar-refractivity contribution in [2.75, 3.05) is 7.11 Å². The van der Waals surface area contributed by atoms with Gasteiger partial charge in [0.15, 0.2) is 0 Å². The summed E-state index contributed by atoms with van der Waals surface area (Å²) >= 11 is 0. The molecule has 0 bridgehead atoms. The first kappa shape index (κ1) is 16.4. The van der Waals surface area contributed by atoms with Crippen molar-refractivity contribution in [1.29, 1.82) is 0 Å². The largest absolute Gasteiger partial charge is 0.465 e. The number of hydrogen-bond acceptors (Lipinski definition) is 3. The highest BCUT2D eigenvalue weighted by molar-refractivity contribution is 5.89. The van der Waals surface area contributed by atoms with E-state index in [0.717, 1.165) is 37.5 Å². The molecule has 0 N–H and O–H groups in total. The third-order valence-electron chi connectivity index (χ3n) is 3.72. The van der Waals surface area contributed by atoms with Crippen molar-refractivity contribution in [3.05, 3.63) is 35.4 Å². The Hall–Kier alpha value is -1.64. The Balaban J connectivity index is 2.78. The molecule has 0 radical (unpaired) electrons. The third kappa shape index (κ3) is 4.80. The average Bonchev–Trinajstić information content (AvgIpc) is 2.45. The molecule has 110 valence electrons. The molecule has 0 fully saturated rings. The summed E-state index contributed by atoms with van der Waals surface area (Å²) in [4.78, 5) is 22.3. The number of rotatable bonds is 8. The Morgan fingerprint density at radius 2 is 1.95 bits per heavy atom. The summed E-state index contributed by atoms with van der Waals surface area (Å²) in [5, 5.41) is 0. The van der Waals surface area contributed by atoms with E-state index in [2.05, 4.69) is 18.6 Å². The number of methoxy groups -OCH3 is 1. The van der Waals surface area contributed by atoms with Crippen molar-refractivity contribution in [1.82, 2.24) is 0 Å². The number of hydrogen-bond donors (Lipinski definition) is 0. The van der Waals surface area contributed by atoms with Gasteiger partial charge in [0.05, 0.1) is 12.7 Å². The van der Waals surface area contributed by atoms with Crippen molar-refractivity contribution in [3.8, 4) is 0 Å². The van der Waals surface area contributed by atoms with Gasteiger partial charge in [0.25, 0.3) is 0 Å². The van der Waals surface area contributed by atoms with E-state index in [1.54, 1.807) is 12.1 Å². The Kier molecular flexibility index (Phi) is 6.43. The summed E-state index contributed by atoms with van der Waals surface area (Å²) in [5.74, 6) is -0.321. The number of esters is 1. The predicted molar refractivity (Wildman–Crippen MR) is 79.8 cm³/mol. The van der Waals surface area contributed by atoms with Crippen molar-refractivity contribution in [2.45, 2.75) is 46.0 Å². The van der Waals surface area contributed by atoms with Crippen LogP contribution in [0.15, 0.2) is 24.3 Å². The number of benzene rings is 1. The van der Waals surface area contributed by atoms with Crippen molar-refractivity contribution in [2.24, 2.45) is 5.41 Å². The maximum atomic E-state index is 11.4. The van der Waals surface area contributed by atoms with E-state index in [0.29, 0.717) is 12.0 Å². The molecule has 0 heterocycles. The number of unbranched alkanes of at least 4 members (excludes halogenated alkanes) is 1. The second-order valence-corrected chi connectivity index (χ2v) is 5.65. The minimum atomic E-state index is -0.321. The fraction of sp³-hybridized carbons (Fsp3) is 0.529. The van der Waals surface area contributed by atoms with Crippen molar-refractivity contribution in [3.63, 3.8) is 0 Å².